The van der Waals surface area contributed by atoms with E-state index in [1.165, 1.54) is 60.1 Å². The molecule has 0 aromatic rings. The van der Waals surface area contributed by atoms with Crippen molar-refractivity contribution in [1.82, 2.24) is 0 Å². The topological polar surface area (TPSA) is 91.3 Å². The minimum Gasteiger partial charge on any atom is -0.478 e. The zero-order chi connectivity index (χ0) is 29.2. The van der Waals surface area contributed by atoms with Crippen LogP contribution in [-0.2, 0) is 26.7 Å². The van der Waals surface area contributed by atoms with Crippen LogP contribution in [0.1, 0.15) is 27.2 Å². The SMILES string of the molecule is CC(C)(C)CC(OC(=O)/C=C/C(=O)O)(C(C(F)(F)F)C(F)(F)F)[Si](O[SiH3])(O[Si](C)(C)C)O[Si](C)(C)C. The fourth-order valence-corrected chi connectivity index (χ4v) is 17.2. The van der Waals surface area contributed by atoms with E-state index in [9.17, 15) is 35.9 Å². The first-order valence-corrected chi connectivity index (χ1v) is 20.2. The molecule has 0 radical (unpaired) electrons. The smallest absolute Gasteiger partial charge is 0.478 e. The maximum absolute atomic E-state index is 14.4. The number of esters is 1. The van der Waals surface area contributed by atoms with Crippen LogP contribution in [-0.4, -0.2) is 70.5 Å². The number of carbonyl (C=O) groups is 2. The van der Waals surface area contributed by atoms with E-state index in [0.29, 0.717) is 0 Å². The molecule has 0 fully saturated rings. The summed E-state index contributed by atoms with van der Waals surface area (Å²) in [4.78, 5) is 23.6. The average Bonchev–Trinajstić information content (AvgIpc) is 2.52. The third-order valence-electron chi connectivity index (χ3n) is 4.23. The first kappa shape index (κ1) is 35.0. The molecule has 1 unspecified atom stereocenters. The molecule has 0 rings (SSSR count). The summed E-state index contributed by atoms with van der Waals surface area (Å²) in [7, 11) is -11.7. The largest absolute Gasteiger partial charge is 0.516 e. The molecule has 0 spiro atoms. The lowest BCUT2D eigenvalue weighted by Crippen LogP contribution is -2.78. The van der Waals surface area contributed by atoms with Gasteiger partial charge in [0.1, 0.15) is 10.5 Å². The molecule has 0 aliphatic carbocycles. The van der Waals surface area contributed by atoms with Crippen LogP contribution in [0.3, 0.4) is 0 Å². The number of hydrogen-bond donors (Lipinski definition) is 1. The van der Waals surface area contributed by atoms with Gasteiger partial charge in [0, 0.05) is 12.2 Å². The number of halogens is 6. The third-order valence-corrected chi connectivity index (χ3v) is 15.0. The molecule has 1 N–H and O–H groups in total. The van der Waals surface area contributed by atoms with Gasteiger partial charge in [0.15, 0.2) is 22.6 Å². The first-order chi connectivity index (χ1) is 15.6. The number of rotatable bonds is 11. The Morgan fingerprint density at radius 1 is 0.861 bits per heavy atom. The first-order valence-electron chi connectivity index (χ1n) is 10.8. The van der Waals surface area contributed by atoms with Crippen LogP contribution in [0.25, 0.3) is 0 Å². The molecular formula is C19H36F6O7Si4. The van der Waals surface area contributed by atoms with Crippen molar-refractivity contribution in [3.05, 3.63) is 12.2 Å². The van der Waals surface area contributed by atoms with Crippen molar-refractivity contribution in [2.45, 2.75) is 84.1 Å². The molecule has 212 valence electrons. The second-order valence-electron chi connectivity index (χ2n) is 11.4. The van der Waals surface area contributed by atoms with Crippen molar-refractivity contribution in [3.8, 4) is 0 Å². The molecule has 0 aromatic carbocycles. The average molecular weight is 603 g/mol. The standard InChI is InChI=1S/C19H36F6O7Si4/c1-16(2,3)12-17(29-14(28)11-10-13(26)27,15(18(20,21)22)19(23,24)25)36(30-33,31-34(4,5)6)32-35(7,8)9/h10-11,15H,12H2,1-9,33H3,(H,26,27)/b11-10+. The van der Waals surface area contributed by atoms with E-state index in [-0.39, 0.29) is 12.2 Å². The molecule has 0 aliphatic rings. The van der Waals surface area contributed by atoms with E-state index in [1.807, 2.05) is 0 Å². The predicted octanol–water partition coefficient (Wildman–Crippen LogP) is 4.56. The minimum absolute atomic E-state index is 0.249. The van der Waals surface area contributed by atoms with Crippen LogP contribution in [0, 0.1) is 11.3 Å². The Morgan fingerprint density at radius 3 is 1.50 bits per heavy atom. The van der Waals surface area contributed by atoms with E-state index in [2.05, 4.69) is 0 Å². The lowest BCUT2D eigenvalue weighted by molar-refractivity contribution is -0.324. The van der Waals surface area contributed by atoms with E-state index < -0.39 is 83.2 Å². The summed E-state index contributed by atoms with van der Waals surface area (Å²) < 4.78 is 110. The number of carbonyl (C=O) groups excluding carboxylic acids is 1. The molecular weight excluding hydrogens is 567 g/mol. The summed E-state index contributed by atoms with van der Waals surface area (Å²) in [6.45, 7) is 13.3. The Labute approximate surface area is 213 Å². The highest BCUT2D eigenvalue weighted by atomic mass is 28.5. The van der Waals surface area contributed by atoms with Gasteiger partial charge < -0.3 is 22.2 Å². The zero-order valence-electron chi connectivity index (χ0n) is 22.1. The maximum atomic E-state index is 14.4. The van der Waals surface area contributed by atoms with Gasteiger partial charge in [-0.1, -0.05) is 20.8 Å². The van der Waals surface area contributed by atoms with Gasteiger partial charge in [-0.15, -0.1) is 0 Å². The van der Waals surface area contributed by atoms with Gasteiger partial charge in [-0.2, -0.15) is 26.3 Å². The summed E-state index contributed by atoms with van der Waals surface area (Å²) in [5, 5.41) is 5.31. The summed E-state index contributed by atoms with van der Waals surface area (Å²) >= 11 is 0. The van der Waals surface area contributed by atoms with Crippen LogP contribution in [0.4, 0.5) is 26.3 Å². The molecule has 36 heavy (non-hydrogen) atoms. The summed E-state index contributed by atoms with van der Waals surface area (Å²) in [6, 6.07) is 0. The summed E-state index contributed by atoms with van der Waals surface area (Å²) in [5.74, 6) is -7.63. The van der Waals surface area contributed by atoms with Crippen LogP contribution in [0.5, 0.6) is 0 Å². The Morgan fingerprint density at radius 2 is 1.25 bits per heavy atom. The molecule has 0 bridgehead atoms. The second kappa shape index (κ2) is 11.4. The highest BCUT2D eigenvalue weighted by molar-refractivity contribution is 6.87. The van der Waals surface area contributed by atoms with Crippen molar-refractivity contribution in [2.24, 2.45) is 11.3 Å². The Kier molecular flexibility index (Phi) is 11.1. The molecule has 0 saturated carbocycles. The number of ether oxygens (including phenoxy) is 1. The Bertz CT molecular complexity index is 784. The van der Waals surface area contributed by atoms with Crippen molar-refractivity contribution in [2.75, 3.05) is 0 Å². The zero-order valence-corrected chi connectivity index (χ0v) is 27.1. The molecule has 17 heteroatoms. The maximum Gasteiger partial charge on any atom is 0.516 e. The van der Waals surface area contributed by atoms with Gasteiger partial charge in [0.05, 0.1) is 0 Å². The van der Waals surface area contributed by atoms with E-state index in [0.717, 1.165) is 0 Å². The lowest BCUT2D eigenvalue weighted by atomic mass is 9.83. The van der Waals surface area contributed by atoms with Crippen LogP contribution in [0.2, 0.25) is 39.3 Å². The van der Waals surface area contributed by atoms with Crippen molar-refractivity contribution >= 4 is 47.9 Å². The normalized spacial score (nSPS) is 16.4. The molecule has 7 nitrogen and oxygen atoms in total. The quantitative estimate of drug-likeness (QED) is 0.160. The number of carboxylic acid groups (broad SMARTS) is 1. The summed E-state index contributed by atoms with van der Waals surface area (Å²) in [5.41, 5.74) is -1.30. The van der Waals surface area contributed by atoms with Gasteiger partial charge in [0.25, 0.3) is 0 Å². The highest BCUT2D eigenvalue weighted by Crippen LogP contribution is 2.55. The summed E-state index contributed by atoms with van der Waals surface area (Å²) in [6.07, 6.45) is -12.4. The van der Waals surface area contributed by atoms with Gasteiger partial charge in [-0.25, -0.2) is 9.59 Å². The fourth-order valence-electron chi connectivity index (χ4n) is 3.66. The predicted molar refractivity (Wildman–Crippen MR) is 131 cm³/mol. The minimum atomic E-state index is -5.97. The number of carboxylic acids is 1. The van der Waals surface area contributed by atoms with Crippen molar-refractivity contribution in [3.63, 3.8) is 0 Å². The molecule has 1 atom stereocenters. The van der Waals surface area contributed by atoms with E-state index >= 15 is 0 Å². The van der Waals surface area contributed by atoms with Crippen LogP contribution >= 0.6 is 0 Å². The lowest BCUT2D eigenvalue weighted by Gasteiger charge is -2.53. The Balaban J connectivity index is 8.00. The molecule has 0 aromatic heterocycles. The third kappa shape index (κ3) is 10.4. The fraction of sp³-hybridized carbons (Fsp3) is 0.789. The number of alkyl halides is 6. The van der Waals surface area contributed by atoms with Crippen molar-refractivity contribution < 1.29 is 58.1 Å². The molecule has 0 aliphatic heterocycles. The molecule has 0 amide bonds. The van der Waals surface area contributed by atoms with E-state index in [4.69, 9.17) is 22.2 Å². The molecule has 0 heterocycles. The number of aliphatic carboxylic acids is 1. The van der Waals surface area contributed by atoms with Gasteiger partial charge in [-0.05, 0) is 51.1 Å². The van der Waals surface area contributed by atoms with Gasteiger partial charge >= 0.3 is 33.1 Å². The van der Waals surface area contributed by atoms with E-state index in [1.54, 1.807) is 0 Å². The van der Waals surface area contributed by atoms with Crippen molar-refractivity contribution in [1.29, 1.82) is 0 Å². The number of hydrogen-bond acceptors (Lipinski definition) is 6. The van der Waals surface area contributed by atoms with Crippen LogP contribution in [0.15, 0.2) is 12.2 Å². The second-order valence-corrected chi connectivity index (χ2v) is 25.1. The van der Waals surface area contributed by atoms with Gasteiger partial charge in [-0.3, -0.25) is 0 Å². The van der Waals surface area contributed by atoms with Gasteiger partial charge in [0.2, 0.25) is 5.22 Å². The monoisotopic (exact) mass is 602 g/mol. The van der Waals surface area contributed by atoms with Crippen LogP contribution < -0.4 is 0 Å². The molecule has 0 saturated heterocycles. The Hall–Kier alpha value is -0.992. The highest BCUT2D eigenvalue weighted by Gasteiger charge is 2.80.